The number of ether oxygens (including phenoxy) is 1. The van der Waals surface area contributed by atoms with Crippen LogP contribution in [0.5, 0.6) is 5.88 Å². The molecule has 1 heterocycles. The standard InChI is InChI=1S/C20H16F4N4O2/c21-15-6-4-13(5-7-15)17-8-9-18(28-27-17)30-11-10-25-19(29)26-16-3-1-2-14(12-16)20(22,23)24/h1-9,12H,10-11H2,(H2,25,26,29). The van der Waals surface area contributed by atoms with Gasteiger partial charge in [0.05, 0.1) is 17.8 Å². The van der Waals surface area contributed by atoms with E-state index in [0.29, 0.717) is 11.3 Å². The van der Waals surface area contributed by atoms with Crippen LogP contribution in [0.1, 0.15) is 5.56 Å². The van der Waals surface area contributed by atoms with Gasteiger partial charge in [0.25, 0.3) is 0 Å². The van der Waals surface area contributed by atoms with Crippen LogP contribution in [0.15, 0.2) is 60.7 Å². The van der Waals surface area contributed by atoms with Crippen molar-refractivity contribution in [1.82, 2.24) is 15.5 Å². The average molecular weight is 420 g/mol. The quantitative estimate of drug-likeness (QED) is 0.455. The molecule has 2 N–H and O–H groups in total. The van der Waals surface area contributed by atoms with E-state index in [1.165, 1.54) is 24.3 Å². The van der Waals surface area contributed by atoms with E-state index in [1.807, 2.05) is 0 Å². The molecule has 1 aromatic heterocycles. The molecule has 10 heteroatoms. The van der Waals surface area contributed by atoms with Crippen LogP contribution in [0.4, 0.5) is 28.0 Å². The Morgan fingerprint density at radius 2 is 1.77 bits per heavy atom. The first-order valence-electron chi connectivity index (χ1n) is 8.76. The van der Waals surface area contributed by atoms with Gasteiger partial charge in [-0.15, -0.1) is 10.2 Å². The number of benzene rings is 2. The van der Waals surface area contributed by atoms with Gasteiger partial charge in [-0.05, 0) is 48.5 Å². The number of aromatic nitrogens is 2. The van der Waals surface area contributed by atoms with Gasteiger partial charge in [0.15, 0.2) is 0 Å². The first-order valence-corrected chi connectivity index (χ1v) is 8.76. The number of nitrogens with zero attached hydrogens (tertiary/aromatic N) is 2. The van der Waals surface area contributed by atoms with Crippen LogP contribution in [-0.2, 0) is 6.18 Å². The molecule has 2 aromatic carbocycles. The van der Waals surface area contributed by atoms with Gasteiger partial charge in [-0.2, -0.15) is 13.2 Å². The van der Waals surface area contributed by atoms with Crippen molar-refractivity contribution < 1.29 is 27.1 Å². The molecule has 0 saturated heterocycles. The number of carbonyl (C=O) groups excluding carboxylic acids is 1. The van der Waals surface area contributed by atoms with Crippen LogP contribution in [0.2, 0.25) is 0 Å². The Bertz CT molecular complexity index is 993. The van der Waals surface area contributed by atoms with Gasteiger partial charge in [-0.1, -0.05) is 6.07 Å². The van der Waals surface area contributed by atoms with E-state index < -0.39 is 17.8 Å². The molecule has 156 valence electrons. The van der Waals surface area contributed by atoms with Crippen LogP contribution < -0.4 is 15.4 Å². The molecule has 2 amide bonds. The van der Waals surface area contributed by atoms with E-state index in [0.717, 1.165) is 12.1 Å². The van der Waals surface area contributed by atoms with Crippen LogP contribution in [0, 0.1) is 5.82 Å². The molecule has 0 aliphatic carbocycles. The van der Waals surface area contributed by atoms with Crippen LogP contribution in [-0.4, -0.2) is 29.4 Å². The highest BCUT2D eigenvalue weighted by atomic mass is 19.4. The highest BCUT2D eigenvalue weighted by molar-refractivity contribution is 5.89. The lowest BCUT2D eigenvalue weighted by Gasteiger charge is -2.11. The molecule has 0 unspecified atom stereocenters. The highest BCUT2D eigenvalue weighted by Gasteiger charge is 2.30. The van der Waals surface area contributed by atoms with Crippen molar-refractivity contribution in [3.05, 3.63) is 72.0 Å². The van der Waals surface area contributed by atoms with E-state index in [9.17, 15) is 22.4 Å². The monoisotopic (exact) mass is 420 g/mol. The fraction of sp³-hybridized carbons (Fsp3) is 0.150. The fourth-order valence-electron chi connectivity index (χ4n) is 2.44. The van der Waals surface area contributed by atoms with Gasteiger partial charge in [-0.3, -0.25) is 0 Å². The number of urea groups is 1. The number of rotatable bonds is 6. The number of hydrogen-bond acceptors (Lipinski definition) is 4. The van der Waals surface area contributed by atoms with Crippen molar-refractivity contribution in [1.29, 1.82) is 0 Å². The number of carbonyl (C=O) groups is 1. The Balaban J connectivity index is 1.43. The summed E-state index contributed by atoms with van der Waals surface area (Å²) < 4.78 is 56.3. The summed E-state index contributed by atoms with van der Waals surface area (Å²) in [5.74, 6) is -0.128. The first kappa shape index (κ1) is 21.0. The lowest BCUT2D eigenvalue weighted by molar-refractivity contribution is -0.137. The van der Waals surface area contributed by atoms with Crippen LogP contribution in [0.3, 0.4) is 0 Å². The molecule has 3 rings (SSSR count). The van der Waals surface area contributed by atoms with Crippen molar-refractivity contribution >= 4 is 11.7 Å². The maximum Gasteiger partial charge on any atom is 0.416 e. The Morgan fingerprint density at radius 1 is 1.00 bits per heavy atom. The van der Waals surface area contributed by atoms with E-state index in [2.05, 4.69) is 20.8 Å². The molecule has 0 fully saturated rings. The van der Waals surface area contributed by atoms with E-state index in [1.54, 1.807) is 24.3 Å². The summed E-state index contributed by atoms with van der Waals surface area (Å²) in [7, 11) is 0. The second-order valence-corrected chi connectivity index (χ2v) is 6.07. The van der Waals surface area contributed by atoms with Gasteiger partial charge in [0.1, 0.15) is 12.4 Å². The third kappa shape index (κ3) is 5.90. The van der Waals surface area contributed by atoms with Crippen molar-refractivity contribution in [2.24, 2.45) is 0 Å². The predicted octanol–water partition coefficient (Wildman–Crippen LogP) is 4.50. The highest BCUT2D eigenvalue weighted by Crippen LogP contribution is 2.30. The van der Waals surface area contributed by atoms with Crippen LogP contribution >= 0.6 is 0 Å². The van der Waals surface area contributed by atoms with Crippen molar-refractivity contribution in [3.8, 4) is 17.1 Å². The van der Waals surface area contributed by atoms with Gasteiger partial charge < -0.3 is 15.4 Å². The Hall–Kier alpha value is -3.69. The SMILES string of the molecule is O=C(NCCOc1ccc(-c2ccc(F)cc2)nn1)Nc1cccc(C(F)(F)F)c1. The summed E-state index contributed by atoms with van der Waals surface area (Å²) in [5.41, 5.74) is 0.404. The molecular weight excluding hydrogens is 404 g/mol. The number of amides is 2. The van der Waals surface area contributed by atoms with Gasteiger partial charge in [-0.25, -0.2) is 9.18 Å². The van der Waals surface area contributed by atoms with Gasteiger partial charge in [0.2, 0.25) is 5.88 Å². The topological polar surface area (TPSA) is 76.1 Å². The lowest BCUT2D eigenvalue weighted by Crippen LogP contribution is -2.32. The average Bonchev–Trinajstić information content (AvgIpc) is 2.72. The summed E-state index contributed by atoms with van der Waals surface area (Å²) in [6, 6.07) is 12.7. The molecule has 0 bridgehead atoms. The Labute approximate surface area is 168 Å². The maximum atomic E-state index is 12.9. The maximum absolute atomic E-state index is 12.9. The second-order valence-electron chi connectivity index (χ2n) is 6.07. The molecule has 0 aliphatic rings. The van der Waals surface area contributed by atoms with Crippen LogP contribution in [0.25, 0.3) is 11.3 Å². The van der Waals surface area contributed by atoms with Crippen molar-refractivity contribution in [2.75, 3.05) is 18.5 Å². The molecule has 6 nitrogen and oxygen atoms in total. The fourth-order valence-corrected chi connectivity index (χ4v) is 2.44. The number of nitrogens with one attached hydrogen (secondary N) is 2. The van der Waals surface area contributed by atoms with E-state index in [4.69, 9.17) is 4.74 Å². The normalized spacial score (nSPS) is 11.1. The molecule has 0 saturated carbocycles. The predicted molar refractivity (Wildman–Crippen MR) is 101 cm³/mol. The summed E-state index contributed by atoms with van der Waals surface area (Å²) in [4.78, 5) is 11.8. The van der Waals surface area contributed by atoms with Gasteiger partial charge in [0, 0.05) is 17.3 Å². The minimum Gasteiger partial charge on any atom is -0.475 e. The minimum absolute atomic E-state index is 0.0190. The zero-order valence-corrected chi connectivity index (χ0v) is 15.4. The molecule has 30 heavy (non-hydrogen) atoms. The summed E-state index contributed by atoms with van der Waals surface area (Å²) in [6.07, 6.45) is -4.49. The summed E-state index contributed by atoms with van der Waals surface area (Å²) in [6.45, 7) is 0.159. The van der Waals surface area contributed by atoms with Crippen molar-refractivity contribution in [3.63, 3.8) is 0 Å². The second kappa shape index (κ2) is 9.21. The lowest BCUT2D eigenvalue weighted by atomic mass is 10.1. The molecular formula is C20H16F4N4O2. The first-order chi connectivity index (χ1) is 14.3. The molecule has 0 aliphatic heterocycles. The smallest absolute Gasteiger partial charge is 0.416 e. The summed E-state index contributed by atoms with van der Waals surface area (Å²) >= 11 is 0. The zero-order chi connectivity index (χ0) is 21.6. The Kier molecular flexibility index (Phi) is 6.45. The van der Waals surface area contributed by atoms with E-state index in [-0.39, 0.29) is 30.5 Å². The number of hydrogen-bond donors (Lipinski definition) is 2. The number of alkyl halides is 3. The molecule has 3 aromatic rings. The Morgan fingerprint density at radius 3 is 2.43 bits per heavy atom. The zero-order valence-electron chi connectivity index (χ0n) is 15.4. The number of anilines is 1. The third-order valence-corrected chi connectivity index (χ3v) is 3.87. The third-order valence-electron chi connectivity index (χ3n) is 3.87. The van der Waals surface area contributed by atoms with E-state index >= 15 is 0 Å². The number of halogens is 4. The van der Waals surface area contributed by atoms with Gasteiger partial charge >= 0.3 is 12.2 Å². The molecule has 0 atom stereocenters. The summed E-state index contributed by atoms with van der Waals surface area (Å²) in [5, 5.41) is 12.7. The molecule has 0 radical (unpaired) electrons. The molecule has 0 spiro atoms. The van der Waals surface area contributed by atoms with Crippen molar-refractivity contribution in [2.45, 2.75) is 6.18 Å². The minimum atomic E-state index is -4.49. The largest absolute Gasteiger partial charge is 0.475 e.